The molecule has 144 valence electrons. The molecule has 1 atom stereocenters. The van der Waals surface area contributed by atoms with E-state index in [0.717, 1.165) is 31.5 Å². The Hall–Kier alpha value is -2.28. The Bertz CT molecular complexity index is 627. The van der Waals surface area contributed by atoms with Gasteiger partial charge in [-0.3, -0.25) is 9.69 Å². The molecule has 3 amide bonds. The molecule has 2 N–H and O–H groups in total. The minimum absolute atomic E-state index is 0.104. The topological polar surface area (TPSA) is 76.1 Å². The highest BCUT2D eigenvalue weighted by atomic mass is 16.3. The van der Waals surface area contributed by atoms with Gasteiger partial charge in [0.05, 0.1) is 12.6 Å². The van der Waals surface area contributed by atoms with Gasteiger partial charge in [0, 0.05) is 40.3 Å². The smallest absolute Gasteiger partial charge is 0.317 e. The predicted molar refractivity (Wildman–Crippen MR) is 101 cm³/mol. The third kappa shape index (κ3) is 5.36. The number of hydrogen-bond acceptors (Lipinski definition) is 4. The standard InChI is InChI=1S/C19H30N4O3/c1-14(15-6-5-7-17(24)12-15)22(4)19(26)20-16-8-10-23(11-9-16)13-18(25)21(2)3/h5-7,12,14,16,24H,8-11,13H2,1-4H3,(H,20,26). The van der Waals surface area contributed by atoms with Gasteiger partial charge in [-0.25, -0.2) is 4.79 Å². The number of nitrogens with one attached hydrogen (secondary N) is 1. The molecule has 0 spiro atoms. The number of urea groups is 1. The van der Waals surface area contributed by atoms with E-state index in [4.69, 9.17) is 0 Å². The molecule has 7 heteroatoms. The van der Waals surface area contributed by atoms with Crippen molar-refractivity contribution in [2.45, 2.75) is 31.8 Å². The zero-order chi connectivity index (χ0) is 19.3. The van der Waals surface area contributed by atoms with Gasteiger partial charge in [-0.1, -0.05) is 12.1 Å². The fourth-order valence-electron chi connectivity index (χ4n) is 3.03. The minimum atomic E-state index is -0.139. The first-order valence-corrected chi connectivity index (χ1v) is 9.02. The fourth-order valence-corrected chi connectivity index (χ4v) is 3.03. The highest BCUT2D eigenvalue weighted by Gasteiger charge is 2.25. The monoisotopic (exact) mass is 362 g/mol. The number of likely N-dealkylation sites (N-methyl/N-ethyl adjacent to an activating group) is 1. The lowest BCUT2D eigenvalue weighted by Crippen LogP contribution is -2.50. The average Bonchev–Trinajstić information content (AvgIpc) is 2.61. The van der Waals surface area contributed by atoms with Crippen molar-refractivity contribution in [1.29, 1.82) is 0 Å². The molecule has 0 saturated carbocycles. The molecule has 1 aromatic carbocycles. The van der Waals surface area contributed by atoms with Crippen molar-refractivity contribution in [3.63, 3.8) is 0 Å². The van der Waals surface area contributed by atoms with E-state index in [9.17, 15) is 14.7 Å². The lowest BCUT2D eigenvalue weighted by Gasteiger charge is -2.34. The van der Waals surface area contributed by atoms with Gasteiger partial charge in [-0.15, -0.1) is 0 Å². The summed E-state index contributed by atoms with van der Waals surface area (Å²) in [5, 5.41) is 12.7. The van der Waals surface area contributed by atoms with Gasteiger partial charge in [0.25, 0.3) is 0 Å². The van der Waals surface area contributed by atoms with Crippen molar-refractivity contribution in [2.75, 3.05) is 40.8 Å². The van der Waals surface area contributed by atoms with Crippen molar-refractivity contribution in [1.82, 2.24) is 20.0 Å². The second-order valence-corrected chi connectivity index (χ2v) is 7.17. The molecule has 26 heavy (non-hydrogen) atoms. The van der Waals surface area contributed by atoms with Crippen LogP contribution < -0.4 is 5.32 Å². The van der Waals surface area contributed by atoms with Gasteiger partial charge in [0.15, 0.2) is 0 Å². The number of likely N-dealkylation sites (tertiary alicyclic amines) is 1. The van der Waals surface area contributed by atoms with Crippen LogP contribution >= 0.6 is 0 Å². The maximum atomic E-state index is 12.5. The van der Waals surface area contributed by atoms with Gasteiger partial charge < -0.3 is 20.2 Å². The van der Waals surface area contributed by atoms with Gasteiger partial charge >= 0.3 is 6.03 Å². The summed E-state index contributed by atoms with van der Waals surface area (Å²) in [4.78, 5) is 29.7. The number of carbonyl (C=O) groups is 2. The maximum Gasteiger partial charge on any atom is 0.317 e. The van der Waals surface area contributed by atoms with Crippen molar-refractivity contribution in [3.8, 4) is 5.75 Å². The zero-order valence-corrected chi connectivity index (χ0v) is 16.1. The van der Waals surface area contributed by atoms with E-state index < -0.39 is 0 Å². The number of carbonyl (C=O) groups excluding carboxylic acids is 2. The van der Waals surface area contributed by atoms with Crippen molar-refractivity contribution in [3.05, 3.63) is 29.8 Å². The summed E-state index contributed by atoms with van der Waals surface area (Å²) in [6, 6.07) is 6.82. The average molecular weight is 362 g/mol. The number of phenols is 1. The number of aromatic hydroxyl groups is 1. The van der Waals surface area contributed by atoms with Crippen molar-refractivity contribution >= 4 is 11.9 Å². The first-order valence-electron chi connectivity index (χ1n) is 9.02. The number of amides is 3. The van der Waals surface area contributed by atoms with Crippen LogP contribution in [0.5, 0.6) is 5.75 Å². The highest BCUT2D eigenvalue weighted by Crippen LogP contribution is 2.22. The van der Waals surface area contributed by atoms with Gasteiger partial charge in [-0.05, 0) is 37.5 Å². The number of phenolic OH excluding ortho intramolecular Hbond substituents is 1. The van der Waals surface area contributed by atoms with Gasteiger partial charge in [-0.2, -0.15) is 0 Å². The summed E-state index contributed by atoms with van der Waals surface area (Å²) in [5.41, 5.74) is 0.889. The quantitative estimate of drug-likeness (QED) is 0.835. The van der Waals surface area contributed by atoms with Gasteiger partial charge in [0.1, 0.15) is 5.75 Å². The molecule has 2 rings (SSSR count). The summed E-state index contributed by atoms with van der Waals surface area (Å²) in [5.74, 6) is 0.301. The molecule has 0 aromatic heterocycles. The minimum Gasteiger partial charge on any atom is -0.508 e. The summed E-state index contributed by atoms with van der Waals surface area (Å²) < 4.78 is 0. The zero-order valence-electron chi connectivity index (χ0n) is 16.1. The molecule has 0 radical (unpaired) electrons. The predicted octanol–water partition coefficient (Wildman–Crippen LogP) is 1.65. The van der Waals surface area contributed by atoms with E-state index >= 15 is 0 Å². The number of benzene rings is 1. The van der Waals surface area contributed by atoms with E-state index in [1.165, 1.54) is 0 Å². The first kappa shape index (κ1) is 20.0. The molecule has 0 aliphatic carbocycles. The van der Waals surface area contributed by atoms with Crippen LogP contribution in [-0.2, 0) is 4.79 Å². The Labute approximate surface area is 155 Å². The first-order chi connectivity index (χ1) is 12.3. The van der Waals surface area contributed by atoms with Crippen LogP contribution in [0.15, 0.2) is 24.3 Å². The van der Waals surface area contributed by atoms with Gasteiger partial charge in [0.2, 0.25) is 5.91 Å². The summed E-state index contributed by atoms with van der Waals surface area (Å²) in [7, 11) is 5.28. The molecule has 1 aliphatic heterocycles. The molecular formula is C19H30N4O3. The SMILES string of the molecule is CC(c1cccc(O)c1)N(C)C(=O)NC1CCN(CC(=O)N(C)C)CC1. The third-order valence-corrected chi connectivity index (χ3v) is 5.03. The van der Waals surface area contributed by atoms with E-state index in [1.54, 1.807) is 49.1 Å². The maximum absolute atomic E-state index is 12.5. The Balaban J connectivity index is 1.82. The molecule has 1 heterocycles. The van der Waals surface area contributed by atoms with E-state index in [1.807, 2.05) is 13.0 Å². The number of rotatable bonds is 5. The van der Waals surface area contributed by atoms with Crippen molar-refractivity contribution in [2.24, 2.45) is 0 Å². The summed E-state index contributed by atoms with van der Waals surface area (Å²) in [6.45, 7) is 3.97. The van der Waals surface area contributed by atoms with E-state index in [2.05, 4.69) is 10.2 Å². The van der Waals surface area contributed by atoms with E-state index in [-0.39, 0.29) is 29.8 Å². The Kier molecular flexibility index (Phi) is 6.85. The molecule has 1 aromatic rings. The molecule has 7 nitrogen and oxygen atoms in total. The second-order valence-electron chi connectivity index (χ2n) is 7.17. The highest BCUT2D eigenvalue weighted by molar-refractivity contribution is 5.77. The Morgan fingerprint density at radius 2 is 1.92 bits per heavy atom. The Morgan fingerprint density at radius 3 is 2.50 bits per heavy atom. The van der Waals surface area contributed by atoms with Crippen LogP contribution in [0.4, 0.5) is 4.79 Å². The van der Waals surface area contributed by atoms with E-state index in [0.29, 0.717) is 6.54 Å². The lowest BCUT2D eigenvalue weighted by atomic mass is 10.0. The summed E-state index contributed by atoms with van der Waals surface area (Å²) in [6.07, 6.45) is 1.67. The number of hydrogen-bond donors (Lipinski definition) is 2. The molecule has 1 unspecified atom stereocenters. The normalized spacial score (nSPS) is 16.8. The Morgan fingerprint density at radius 1 is 1.27 bits per heavy atom. The van der Waals surface area contributed by atoms with Crippen LogP contribution in [0.25, 0.3) is 0 Å². The van der Waals surface area contributed by atoms with Crippen LogP contribution in [-0.4, -0.2) is 78.6 Å². The molecule has 1 fully saturated rings. The van der Waals surface area contributed by atoms with Crippen LogP contribution in [0.3, 0.4) is 0 Å². The van der Waals surface area contributed by atoms with Crippen LogP contribution in [0.1, 0.15) is 31.4 Å². The molecule has 1 aliphatic rings. The van der Waals surface area contributed by atoms with Crippen molar-refractivity contribution < 1.29 is 14.7 Å². The second kappa shape index (κ2) is 8.89. The third-order valence-electron chi connectivity index (χ3n) is 5.03. The molecule has 0 bridgehead atoms. The summed E-state index contributed by atoms with van der Waals surface area (Å²) >= 11 is 0. The lowest BCUT2D eigenvalue weighted by molar-refractivity contribution is -0.130. The largest absolute Gasteiger partial charge is 0.508 e. The van der Waals surface area contributed by atoms with Crippen LogP contribution in [0.2, 0.25) is 0 Å². The fraction of sp³-hybridized carbons (Fsp3) is 0.579. The molecule has 1 saturated heterocycles. The number of piperidine rings is 1. The van der Waals surface area contributed by atoms with Crippen LogP contribution in [0, 0.1) is 0 Å². The number of nitrogens with zero attached hydrogens (tertiary/aromatic N) is 3. The molecular weight excluding hydrogens is 332 g/mol.